The van der Waals surface area contributed by atoms with E-state index in [-0.39, 0.29) is 49.6 Å². The maximum atomic E-state index is 13.4. The molecule has 204 valence electrons. The SMILES string of the molecule is CC[C@@H](C)NC(=O)[C@H](CC)N(Cc1ccc(F)cc1)C(=O)CCCN(c1ccccc1OC)S(C)(=O)=O. The van der Waals surface area contributed by atoms with Crippen LogP contribution in [0.15, 0.2) is 48.5 Å². The minimum Gasteiger partial charge on any atom is -0.495 e. The van der Waals surface area contributed by atoms with E-state index in [0.29, 0.717) is 23.4 Å². The number of methoxy groups -OCH3 is 1. The van der Waals surface area contributed by atoms with Gasteiger partial charge in [-0.1, -0.05) is 38.1 Å². The monoisotopic (exact) mass is 535 g/mol. The predicted molar refractivity (Wildman–Crippen MR) is 143 cm³/mol. The number of amides is 2. The maximum absolute atomic E-state index is 13.4. The van der Waals surface area contributed by atoms with Crippen LogP contribution in [-0.4, -0.2) is 57.1 Å². The lowest BCUT2D eigenvalue weighted by Gasteiger charge is -2.32. The highest BCUT2D eigenvalue weighted by Crippen LogP contribution is 2.29. The molecule has 1 N–H and O–H groups in total. The summed E-state index contributed by atoms with van der Waals surface area (Å²) in [7, 11) is -2.18. The van der Waals surface area contributed by atoms with Gasteiger partial charge in [0, 0.05) is 25.6 Å². The first kappa shape index (κ1) is 30.1. The molecule has 2 amide bonds. The molecule has 8 nitrogen and oxygen atoms in total. The zero-order valence-electron chi connectivity index (χ0n) is 22.2. The molecular formula is C27H38FN3O5S. The van der Waals surface area contributed by atoms with Crippen molar-refractivity contribution >= 4 is 27.5 Å². The van der Waals surface area contributed by atoms with Crippen LogP contribution in [0, 0.1) is 5.82 Å². The Hall–Kier alpha value is -3.14. The third-order valence-electron chi connectivity index (χ3n) is 6.16. The van der Waals surface area contributed by atoms with E-state index in [1.165, 1.54) is 28.4 Å². The van der Waals surface area contributed by atoms with Gasteiger partial charge in [-0.2, -0.15) is 0 Å². The van der Waals surface area contributed by atoms with Crippen molar-refractivity contribution in [2.24, 2.45) is 0 Å². The summed E-state index contributed by atoms with van der Waals surface area (Å²) in [6.07, 6.45) is 2.50. The van der Waals surface area contributed by atoms with Crippen molar-refractivity contribution in [3.05, 3.63) is 59.9 Å². The Labute approximate surface area is 219 Å². The molecule has 0 saturated carbocycles. The van der Waals surface area contributed by atoms with E-state index in [1.54, 1.807) is 36.4 Å². The van der Waals surface area contributed by atoms with Crippen LogP contribution in [0.25, 0.3) is 0 Å². The number of hydrogen-bond donors (Lipinski definition) is 1. The molecule has 0 bridgehead atoms. The lowest BCUT2D eigenvalue weighted by Crippen LogP contribution is -2.50. The van der Waals surface area contributed by atoms with Gasteiger partial charge in [-0.25, -0.2) is 12.8 Å². The number of rotatable bonds is 14. The lowest BCUT2D eigenvalue weighted by molar-refractivity contribution is -0.141. The van der Waals surface area contributed by atoms with Crippen LogP contribution in [0.1, 0.15) is 52.0 Å². The average molecular weight is 536 g/mol. The molecule has 0 radical (unpaired) electrons. The van der Waals surface area contributed by atoms with Crippen LogP contribution in [0.4, 0.5) is 10.1 Å². The van der Waals surface area contributed by atoms with Gasteiger partial charge in [-0.05, 0) is 56.0 Å². The number of nitrogens with zero attached hydrogens (tertiary/aromatic N) is 2. The Bertz CT molecular complexity index is 1140. The van der Waals surface area contributed by atoms with Crippen molar-refractivity contribution in [3.63, 3.8) is 0 Å². The molecular weight excluding hydrogens is 497 g/mol. The zero-order chi connectivity index (χ0) is 27.6. The highest BCUT2D eigenvalue weighted by molar-refractivity contribution is 7.92. The first-order chi connectivity index (χ1) is 17.5. The topological polar surface area (TPSA) is 96.0 Å². The van der Waals surface area contributed by atoms with Crippen molar-refractivity contribution in [1.82, 2.24) is 10.2 Å². The molecule has 10 heteroatoms. The quantitative estimate of drug-likeness (QED) is 0.393. The van der Waals surface area contributed by atoms with E-state index in [4.69, 9.17) is 4.74 Å². The van der Waals surface area contributed by atoms with Gasteiger partial charge in [0.25, 0.3) is 0 Å². The molecule has 0 heterocycles. The number of benzene rings is 2. The van der Waals surface area contributed by atoms with Crippen molar-refractivity contribution < 1.29 is 27.1 Å². The molecule has 0 aliphatic rings. The standard InChI is InChI=1S/C27H38FN3O5S/c1-6-20(3)29-27(33)23(7-2)30(19-21-14-16-22(28)17-15-21)26(32)13-10-18-31(37(5,34)35)24-11-8-9-12-25(24)36-4/h8-9,11-12,14-17,20,23H,6-7,10,13,18-19H2,1-5H3,(H,29,33)/t20-,23+/m1/s1. The summed E-state index contributed by atoms with van der Waals surface area (Å²) in [4.78, 5) is 28.0. The molecule has 2 rings (SSSR count). The fraction of sp³-hybridized carbons (Fsp3) is 0.481. The third kappa shape index (κ3) is 8.73. The molecule has 0 unspecified atom stereocenters. The number of nitrogens with one attached hydrogen (secondary N) is 1. The molecule has 2 atom stereocenters. The Morgan fingerprint density at radius 1 is 1.05 bits per heavy atom. The zero-order valence-corrected chi connectivity index (χ0v) is 23.1. The molecule has 0 aromatic heterocycles. The van der Waals surface area contributed by atoms with Gasteiger partial charge in [0.2, 0.25) is 21.8 Å². The van der Waals surface area contributed by atoms with E-state index in [1.807, 2.05) is 20.8 Å². The number of anilines is 1. The summed E-state index contributed by atoms with van der Waals surface area (Å²) in [5.41, 5.74) is 1.08. The summed E-state index contributed by atoms with van der Waals surface area (Å²) in [5.74, 6) is -0.520. The number of halogens is 1. The summed E-state index contributed by atoms with van der Waals surface area (Å²) in [5, 5.41) is 2.94. The van der Waals surface area contributed by atoms with E-state index in [0.717, 1.165) is 12.7 Å². The summed E-state index contributed by atoms with van der Waals surface area (Å²) in [6, 6.07) is 11.8. The summed E-state index contributed by atoms with van der Waals surface area (Å²) in [6.45, 7) is 5.88. The number of sulfonamides is 1. The fourth-order valence-electron chi connectivity index (χ4n) is 3.97. The minimum atomic E-state index is -3.64. The Morgan fingerprint density at radius 3 is 2.27 bits per heavy atom. The van der Waals surface area contributed by atoms with E-state index in [2.05, 4.69) is 5.32 Å². The molecule has 0 spiro atoms. The highest BCUT2D eigenvalue weighted by atomic mass is 32.2. The smallest absolute Gasteiger partial charge is 0.243 e. The normalized spacial score (nSPS) is 12.9. The molecule has 37 heavy (non-hydrogen) atoms. The minimum absolute atomic E-state index is 0.0233. The molecule has 2 aromatic rings. The molecule has 0 aliphatic carbocycles. The van der Waals surface area contributed by atoms with Crippen molar-refractivity contribution in [2.45, 2.75) is 65.1 Å². The van der Waals surface area contributed by atoms with E-state index in [9.17, 15) is 22.4 Å². The number of para-hydroxylation sites is 2. The highest BCUT2D eigenvalue weighted by Gasteiger charge is 2.29. The van der Waals surface area contributed by atoms with Gasteiger partial charge in [-0.15, -0.1) is 0 Å². The van der Waals surface area contributed by atoms with Crippen LogP contribution in [0.3, 0.4) is 0 Å². The molecule has 2 aromatic carbocycles. The fourth-order valence-corrected chi connectivity index (χ4v) is 4.93. The molecule has 0 saturated heterocycles. The number of carbonyl (C=O) groups excluding carboxylic acids is 2. The third-order valence-corrected chi connectivity index (χ3v) is 7.34. The predicted octanol–water partition coefficient (Wildman–Crippen LogP) is 4.10. The second-order valence-electron chi connectivity index (χ2n) is 9.00. The maximum Gasteiger partial charge on any atom is 0.243 e. The lowest BCUT2D eigenvalue weighted by atomic mass is 10.1. The van der Waals surface area contributed by atoms with Crippen molar-refractivity contribution in [2.75, 3.05) is 24.2 Å². The van der Waals surface area contributed by atoms with Crippen LogP contribution in [0.2, 0.25) is 0 Å². The van der Waals surface area contributed by atoms with Crippen molar-refractivity contribution in [3.8, 4) is 5.75 Å². The number of carbonyl (C=O) groups is 2. The Kier molecular flexibility index (Phi) is 11.4. The summed E-state index contributed by atoms with van der Waals surface area (Å²) < 4.78 is 45.1. The number of ether oxygens (including phenoxy) is 1. The average Bonchev–Trinajstić information content (AvgIpc) is 2.86. The Morgan fingerprint density at radius 2 is 1.70 bits per heavy atom. The molecule has 0 fully saturated rings. The Balaban J connectivity index is 2.24. The second-order valence-corrected chi connectivity index (χ2v) is 10.9. The first-order valence-corrected chi connectivity index (χ1v) is 14.3. The van der Waals surface area contributed by atoms with Gasteiger partial charge in [0.15, 0.2) is 0 Å². The second kappa shape index (κ2) is 14.0. The van der Waals surface area contributed by atoms with E-state index < -0.39 is 16.1 Å². The van der Waals surface area contributed by atoms with Crippen LogP contribution >= 0.6 is 0 Å². The van der Waals surface area contributed by atoms with Crippen molar-refractivity contribution in [1.29, 1.82) is 0 Å². The van der Waals surface area contributed by atoms with Gasteiger partial charge in [-0.3, -0.25) is 13.9 Å². The van der Waals surface area contributed by atoms with Gasteiger partial charge in [0.05, 0.1) is 19.1 Å². The van der Waals surface area contributed by atoms with Crippen LogP contribution in [0.5, 0.6) is 5.75 Å². The van der Waals surface area contributed by atoms with Gasteiger partial charge in [0.1, 0.15) is 17.6 Å². The largest absolute Gasteiger partial charge is 0.495 e. The van der Waals surface area contributed by atoms with Crippen LogP contribution < -0.4 is 14.4 Å². The van der Waals surface area contributed by atoms with Crippen LogP contribution in [-0.2, 0) is 26.2 Å². The number of hydrogen-bond acceptors (Lipinski definition) is 5. The van der Waals surface area contributed by atoms with E-state index >= 15 is 0 Å². The first-order valence-electron chi connectivity index (χ1n) is 12.5. The van der Waals surface area contributed by atoms with Gasteiger partial charge < -0.3 is 15.0 Å². The summed E-state index contributed by atoms with van der Waals surface area (Å²) >= 11 is 0. The molecule has 0 aliphatic heterocycles. The van der Waals surface area contributed by atoms with Gasteiger partial charge >= 0.3 is 0 Å².